The number of hydrogen-bond acceptors (Lipinski definition) is 4. The number of ether oxygens (including phenoxy) is 1. The molecule has 1 aliphatic heterocycles. The average molecular weight is 264 g/mol. The third-order valence-corrected chi connectivity index (χ3v) is 3.67. The lowest BCUT2D eigenvalue weighted by atomic mass is 10.1. The molecule has 2 N–H and O–H groups in total. The summed E-state index contributed by atoms with van der Waals surface area (Å²) in [4.78, 5) is 2.32. The van der Waals surface area contributed by atoms with Gasteiger partial charge in [-0.1, -0.05) is 6.07 Å². The first-order valence-electron chi connectivity index (χ1n) is 6.96. The lowest BCUT2D eigenvalue weighted by Gasteiger charge is -2.23. The lowest BCUT2D eigenvalue weighted by molar-refractivity contribution is 0.116. The summed E-state index contributed by atoms with van der Waals surface area (Å²) in [5.41, 5.74) is 2.03. The van der Waals surface area contributed by atoms with Crippen LogP contribution in [0.1, 0.15) is 23.7 Å². The van der Waals surface area contributed by atoms with Crippen LogP contribution in [0.4, 0.5) is 0 Å². The Morgan fingerprint density at radius 3 is 2.95 bits per heavy atom. The second-order valence-corrected chi connectivity index (χ2v) is 5.15. The smallest absolute Gasteiger partial charge is 0.121 e. The summed E-state index contributed by atoms with van der Waals surface area (Å²) in [6, 6.07) is 5.89. The highest BCUT2D eigenvalue weighted by atomic mass is 16.5. The summed E-state index contributed by atoms with van der Waals surface area (Å²) in [5.74, 6) is 0.870. The first-order chi connectivity index (χ1) is 9.20. The quantitative estimate of drug-likeness (QED) is 0.861. The molecule has 1 aliphatic rings. The minimum atomic E-state index is -0.428. The van der Waals surface area contributed by atoms with E-state index in [0.29, 0.717) is 6.54 Å². The Labute approximate surface area is 115 Å². The molecule has 1 unspecified atom stereocenters. The molecule has 0 amide bonds. The van der Waals surface area contributed by atoms with E-state index >= 15 is 0 Å². The Kier molecular flexibility index (Phi) is 5.19. The van der Waals surface area contributed by atoms with E-state index in [2.05, 4.69) is 10.2 Å². The SMILES string of the molecule is COc1ccc(C(O)CN2CCCNCC2)cc1C. The molecule has 4 heteroatoms. The topological polar surface area (TPSA) is 44.7 Å². The molecule has 2 rings (SSSR count). The van der Waals surface area contributed by atoms with Crippen molar-refractivity contribution >= 4 is 0 Å². The van der Waals surface area contributed by atoms with E-state index in [1.165, 1.54) is 0 Å². The van der Waals surface area contributed by atoms with Crippen LogP contribution in [-0.2, 0) is 0 Å². The molecule has 4 nitrogen and oxygen atoms in total. The van der Waals surface area contributed by atoms with Crippen LogP contribution in [0.5, 0.6) is 5.75 Å². The van der Waals surface area contributed by atoms with Crippen LogP contribution in [0.25, 0.3) is 0 Å². The summed E-state index contributed by atoms with van der Waals surface area (Å²) in [6.07, 6.45) is 0.719. The van der Waals surface area contributed by atoms with Crippen LogP contribution >= 0.6 is 0 Å². The van der Waals surface area contributed by atoms with Crippen molar-refractivity contribution in [2.24, 2.45) is 0 Å². The standard InChI is InChI=1S/C15H24N2O2/c1-12-10-13(4-5-15(12)19-2)14(18)11-17-8-3-6-16-7-9-17/h4-5,10,14,16,18H,3,6-9,11H2,1-2H3. The second-order valence-electron chi connectivity index (χ2n) is 5.15. The van der Waals surface area contributed by atoms with Crippen LogP contribution in [0.15, 0.2) is 18.2 Å². The Hall–Kier alpha value is -1.10. The monoisotopic (exact) mass is 264 g/mol. The van der Waals surface area contributed by atoms with Crippen molar-refractivity contribution in [1.29, 1.82) is 0 Å². The first-order valence-corrected chi connectivity index (χ1v) is 6.96. The van der Waals surface area contributed by atoms with Gasteiger partial charge in [-0.2, -0.15) is 0 Å². The molecule has 19 heavy (non-hydrogen) atoms. The zero-order chi connectivity index (χ0) is 13.7. The van der Waals surface area contributed by atoms with Gasteiger partial charge < -0.3 is 15.2 Å². The molecule has 1 fully saturated rings. The highest BCUT2D eigenvalue weighted by Crippen LogP contribution is 2.23. The maximum Gasteiger partial charge on any atom is 0.121 e. The van der Waals surface area contributed by atoms with Crippen LogP contribution < -0.4 is 10.1 Å². The molecule has 1 saturated heterocycles. The minimum Gasteiger partial charge on any atom is -0.496 e. The summed E-state index contributed by atoms with van der Waals surface area (Å²) in [6.45, 7) is 6.85. The maximum absolute atomic E-state index is 10.3. The number of aliphatic hydroxyl groups excluding tert-OH is 1. The number of hydrogen-bond donors (Lipinski definition) is 2. The fourth-order valence-electron chi connectivity index (χ4n) is 2.54. The van der Waals surface area contributed by atoms with E-state index in [-0.39, 0.29) is 0 Å². The molecular formula is C15H24N2O2. The third-order valence-electron chi connectivity index (χ3n) is 3.67. The number of β-amino-alcohol motifs (C(OH)–C–C–N with tert-alkyl or cyclic N) is 1. The fourth-order valence-corrected chi connectivity index (χ4v) is 2.54. The summed E-state index contributed by atoms with van der Waals surface area (Å²) < 4.78 is 5.25. The summed E-state index contributed by atoms with van der Waals surface area (Å²) in [7, 11) is 1.67. The normalized spacial score (nSPS) is 18.9. The number of rotatable bonds is 4. The van der Waals surface area contributed by atoms with Crippen molar-refractivity contribution in [2.75, 3.05) is 39.8 Å². The van der Waals surface area contributed by atoms with Gasteiger partial charge in [0.15, 0.2) is 0 Å². The van der Waals surface area contributed by atoms with E-state index in [4.69, 9.17) is 4.74 Å². The molecule has 1 aromatic carbocycles. The Morgan fingerprint density at radius 1 is 1.37 bits per heavy atom. The van der Waals surface area contributed by atoms with Gasteiger partial charge >= 0.3 is 0 Å². The van der Waals surface area contributed by atoms with Crippen LogP contribution in [0.2, 0.25) is 0 Å². The van der Waals surface area contributed by atoms with E-state index < -0.39 is 6.10 Å². The molecule has 0 spiro atoms. The molecule has 0 saturated carbocycles. The molecule has 1 atom stereocenters. The number of aliphatic hydroxyl groups is 1. The Bertz CT molecular complexity index is 401. The van der Waals surface area contributed by atoms with Crippen molar-refractivity contribution in [3.05, 3.63) is 29.3 Å². The Morgan fingerprint density at radius 2 is 2.21 bits per heavy atom. The third kappa shape index (κ3) is 3.93. The number of methoxy groups -OCH3 is 1. The van der Waals surface area contributed by atoms with Crippen molar-refractivity contribution < 1.29 is 9.84 Å². The molecule has 0 aromatic heterocycles. The summed E-state index contributed by atoms with van der Waals surface area (Å²) in [5, 5.41) is 13.7. The van der Waals surface area contributed by atoms with Gasteiger partial charge in [-0.05, 0) is 49.7 Å². The van der Waals surface area contributed by atoms with Crippen LogP contribution in [0.3, 0.4) is 0 Å². The number of benzene rings is 1. The van der Waals surface area contributed by atoms with Crippen molar-refractivity contribution in [3.8, 4) is 5.75 Å². The van der Waals surface area contributed by atoms with Gasteiger partial charge in [0, 0.05) is 19.6 Å². The molecule has 0 aliphatic carbocycles. The van der Waals surface area contributed by atoms with E-state index in [0.717, 1.165) is 49.5 Å². The van der Waals surface area contributed by atoms with Crippen LogP contribution in [0, 0.1) is 6.92 Å². The van der Waals surface area contributed by atoms with Gasteiger partial charge in [-0.15, -0.1) is 0 Å². The highest BCUT2D eigenvalue weighted by Gasteiger charge is 2.15. The van der Waals surface area contributed by atoms with E-state index in [1.54, 1.807) is 7.11 Å². The maximum atomic E-state index is 10.3. The highest BCUT2D eigenvalue weighted by molar-refractivity contribution is 5.37. The zero-order valence-corrected chi connectivity index (χ0v) is 11.9. The largest absolute Gasteiger partial charge is 0.496 e. The van der Waals surface area contributed by atoms with E-state index in [1.807, 2.05) is 25.1 Å². The van der Waals surface area contributed by atoms with Crippen LogP contribution in [-0.4, -0.2) is 49.8 Å². The molecule has 106 valence electrons. The van der Waals surface area contributed by atoms with Gasteiger partial charge in [-0.3, -0.25) is 4.90 Å². The van der Waals surface area contributed by atoms with Crippen molar-refractivity contribution in [1.82, 2.24) is 10.2 Å². The lowest BCUT2D eigenvalue weighted by Crippen LogP contribution is -2.32. The number of aryl methyl sites for hydroxylation is 1. The molecule has 1 aromatic rings. The number of nitrogens with zero attached hydrogens (tertiary/aromatic N) is 1. The zero-order valence-electron chi connectivity index (χ0n) is 11.9. The summed E-state index contributed by atoms with van der Waals surface area (Å²) >= 11 is 0. The van der Waals surface area contributed by atoms with E-state index in [9.17, 15) is 5.11 Å². The van der Waals surface area contributed by atoms with Gasteiger partial charge in [0.1, 0.15) is 5.75 Å². The van der Waals surface area contributed by atoms with Gasteiger partial charge in [0.05, 0.1) is 13.2 Å². The predicted molar refractivity (Wildman–Crippen MR) is 76.6 cm³/mol. The predicted octanol–water partition coefficient (Wildman–Crippen LogP) is 1.33. The number of nitrogens with one attached hydrogen (secondary N) is 1. The van der Waals surface area contributed by atoms with Crippen molar-refractivity contribution in [3.63, 3.8) is 0 Å². The van der Waals surface area contributed by atoms with Crippen molar-refractivity contribution in [2.45, 2.75) is 19.4 Å². The van der Waals surface area contributed by atoms with Gasteiger partial charge in [0.2, 0.25) is 0 Å². The second kappa shape index (κ2) is 6.89. The average Bonchev–Trinajstić information content (AvgIpc) is 2.67. The molecule has 1 heterocycles. The molecule has 0 radical (unpaired) electrons. The molecule has 0 bridgehead atoms. The minimum absolute atomic E-state index is 0.428. The fraction of sp³-hybridized carbons (Fsp3) is 0.600. The van der Waals surface area contributed by atoms with Gasteiger partial charge in [0.25, 0.3) is 0 Å². The first kappa shape index (κ1) is 14.3. The Balaban J connectivity index is 1.98. The van der Waals surface area contributed by atoms with Gasteiger partial charge in [-0.25, -0.2) is 0 Å². The molecular weight excluding hydrogens is 240 g/mol.